The van der Waals surface area contributed by atoms with Crippen LogP contribution in [0.25, 0.3) is 0 Å². The molecule has 1 aliphatic heterocycles. The van der Waals surface area contributed by atoms with Gasteiger partial charge in [-0.3, -0.25) is 4.79 Å². The van der Waals surface area contributed by atoms with Gasteiger partial charge in [-0.1, -0.05) is 0 Å². The normalized spacial score (nSPS) is 17.5. The third kappa shape index (κ3) is 6.48. The maximum Gasteiger partial charge on any atom is 0.436 e. The number of carbonyl (C=O) groups excluding carboxylic acids is 2. The van der Waals surface area contributed by atoms with Crippen LogP contribution in [0, 0.1) is 5.82 Å². The minimum absolute atomic E-state index is 0.0130. The van der Waals surface area contributed by atoms with Crippen molar-refractivity contribution in [2.24, 2.45) is 0 Å². The van der Waals surface area contributed by atoms with E-state index in [1.54, 1.807) is 0 Å². The predicted octanol–water partition coefficient (Wildman–Crippen LogP) is 3.19. The van der Waals surface area contributed by atoms with E-state index in [1.165, 1.54) is 6.92 Å². The van der Waals surface area contributed by atoms with Crippen LogP contribution >= 0.6 is 0 Å². The molecule has 1 fully saturated rings. The first-order chi connectivity index (χ1) is 16.3. The van der Waals surface area contributed by atoms with Crippen LogP contribution in [0.1, 0.15) is 29.9 Å². The first-order valence-electron chi connectivity index (χ1n) is 10.0. The highest BCUT2D eigenvalue weighted by molar-refractivity contribution is 5.88. The van der Waals surface area contributed by atoms with E-state index >= 15 is 0 Å². The van der Waals surface area contributed by atoms with Gasteiger partial charge < -0.3 is 20.3 Å². The molecule has 8 nitrogen and oxygen atoms in total. The van der Waals surface area contributed by atoms with Crippen molar-refractivity contribution in [1.82, 2.24) is 25.5 Å². The predicted molar refractivity (Wildman–Crippen MR) is 105 cm³/mol. The number of carbonyl (C=O) groups is 2. The molecule has 0 saturated carbocycles. The number of hydrogen-bond acceptors (Lipinski definition) is 5. The molecule has 190 valence electrons. The second-order valence-corrected chi connectivity index (χ2v) is 7.44. The van der Waals surface area contributed by atoms with Gasteiger partial charge in [-0.25, -0.2) is 19.2 Å². The molecule has 1 saturated heterocycles. The van der Waals surface area contributed by atoms with Crippen molar-refractivity contribution < 1.29 is 45.1 Å². The highest BCUT2D eigenvalue weighted by atomic mass is 19.4. The summed E-state index contributed by atoms with van der Waals surface area (Å²) >= 11 is 0. The smallest absolute Gasteiger partial charge is 0.436 e. The van der Waals surface area contributed by atoms with Crippen molar-refractivity contribution in [2.75, 3.05) is 19.7 Å². The van der Waals surface area contributed by atoms with E-state index in [1.807, 2.05) is 0 Å². The third-order valence-corrected chi connectivity index (χ3v) is 4.94. The van der Waals surface area contributed by atoms with Crippen molar-refractivity contribution in [3.05, 3.63) is 53.2 Å². The van der Waals surface area contributed by atoms with Gasteiger partial charge >= 0.3 is 18.4 Å². The largest absolute Gasteiger partial charge is 0.468 e. The number of rotatable bonds is 5. The van der Waals surface area contributed by atoms with Gasteiger partial charge in [0.25, 0.3) is 0 Å². The van der Waals surface area contributed by atoms with Gasteiger partial charge in [0.2, 0.25) is 11.8 Å². The number of nitrogens with zero attached hydrogens (tertiary/aromatic N) is 3. The fourth-order valence-corrected chi connectivity index (χ4v) is 3.21. The van der Waals surface area contributed by atoms with Crippen LogP contribution in [0.5, 0.6) is 5.88 Å². The SMILES string of the molecule is C[C@@H]1C(=O)NCCN1C(=O)NC(c1ccc(OCC(F)(F)F)nc1)c1ccc(F)c(C(F)(F)F)n1. The molecule has 2 aromatic rings. The number of amides is 3. The highest BCUT2D eigenvalue weighted by Gasteiger charge is 2.38. The summed E-state index contributed by atoms with van der Waals surface area (Å²) in [5.74, 6) is -2.52. The van der Waals surface area contributed by atoms with Gasteiger partial charge in [-0.2, -0.15) is 26.3 Å². The van der Waals surface area contributed by atoms with Gasteiger partial charge in [-0.15, -0.1) is 0 Å². The van der Waals surface area contributed by atoms with Crippen molar-refractivity contribution in [2.45, 2.75) is 31.4 Å². The molecular formula is C20H18F7N5O3. The lowest BCUT2D eigenvalue weighted by Crippen LogP contribution is -2.58. The molecule has 3 rings (SSSR count). The minimum Gasteiger partial charge on any atom is -0.468 e. The van der Waals surface area contributed by atoms with E-state index < -0.39 is 66.1 Å². The van der Waals surface area contributed by atoms with Crippen LogP contribution in [0.15, 0.2) is 30.5 Å². The molecule has 0 aromatic carbocycles. The highest BCUT2D eigenvalue weighted by Crippen LogP contribution is 2.32. The molecule has 15 heteroatoms. The molecule has 1 unspecified atom stereocenters. The lowest BCUT2D eigenvalue weighted by molar-refractivity contribution is -0.154. The Morgan fingerprint density at radius 1 is 1.23 bits per heavy atom. The third-order valence-electron chi connectivity index (χ3n) is 4.94. The monoisotopic (exact) mass is 509 g/mol. The summed E-state index contributed by atoms with van der Waals surface area (Å²) in [5.41, 5.74) is -2.23. The average molecular weight is 509 g/mol. The fourth-order valence-electron chi connectivity index (χ4n) is 3.21. The summed E-state index contributed by atoms with van der Waals surface area (Å²) in [4.78, 5) is 32.9. The average Bonchev–Trinajstić information content (AvgIpc) is 2.77. The Hall–Kier alpha value is -3.65. The number of alkyl halides is 6. The molecule has 0 spiro atoms. The van der Waals surface area contributed by atoms with Crippen molar-refractivity contribution in [3.8, 4) is 5.88 Å². The molecule has 3 amide bonds. The first kappa shape index (κ1) is 26.0. The quantitative estimate of drug-likeness (QED) is 0.604. The Kier molecular flexibility index (Phi) is 7.36. The number of hydrogen-bond donors (Lipinski definition) is 2. The molecule has 2 aromatic heterocycles. The number of nitrogens with one attached hydrogen (secondary N) is 2. The molecular weight excluding hydrogens is 491 g/mol. The standard InChI is InChI=1S/C20H18F7N5O3/c1-10-17(33)28-6-7-32(10)18(34)31-15(13-4-3-12(21)16(30-13)20(25,26)27)11-2-5-14(29-8-11)35-9-19(22,23)24/h2-5,8,10,15H,6-7,9H2,1H3,(H,28,33)(H,31,34)/t10-,15?/m1/s1. The summed E-state index contributed by atoms with van der Waals surface area (Å²) in [6.45, 7) is 0.0534. The molecule has 2 N–H and O–H groups in total. The Morgan fingerprint density at radius 2 is 1.94 bits per heavy atom. The van der Waals surface area contributed by atoms with Crippen LogP contribution in [-0.4, -0.2) is 58.7 Å². The van der Waals surface area contributed by atoms with Crippen molar-refractivity contribution in [3.63, 3.8) is 0 Å². The van der Waals surface area contributed by atoms with Crippen LogP contribution in [0.4, 0.5) is 35.5 Å². The number of urea groups is 1. The Labute approximate surface area is 193 Å². The summed E-state index contributed by atoms with van der Waals surface area (Å²) in [6, 6.07) is 0.457. The van der Waals surface area contributed by atoms with E-state index in [9.17, 15) is 40.3 Å². The van der Waals surface area contributed by atoms with Gasteiger partial charge in [0.1, 0.15) is 6.04 Å². The fraction of sp³-hybridized carbons (Fsp3) is 0.400. The Bertz CT molecular complexity index is 1080. The van der Waals surface area contributed by atoms with Crippen molar-refractivity contribution in [1.29, 1.82) is 0 Å². The zero-order valence-electron chi connectivity index (χ0n) is 17.9. The number of aromatic nitrogens is 2. The number of halogens is 7. The molecule has 0 radical (unpaired) electrons. The van der Waals surface area contributed by atoms with Gasteiger partial charge in [0, 0.05) is 25.4 Å². The molecule has 0 bridgehead atoms. The van der Waals surface area contributed by atoms with Crippen LogP contribution in [0.3, 0.4) is 0 Å². The summed E-state index contributed by atoms with van der Waals surface area (Å²) < 4.78 is 95.0. The topological polar surface area (TPSA) is 96.5 Å². The lowest BCUT2D eigenvalue weighted by Gasteiger charge is -2.34. The second-order valence-electron chi connectivity index (χ2n) is 7.44. The first-order valence-corrected chi connectivity index (χ1v) is 10.0. The van der Waals surface area contributed by atoms with Crippen LogP contribution in [-0.2, 0) is 11.0 Å². The molecule has 1 aliphatic rings. The van der Waals surface area contributed by atoms with Crippen molar-refractivity contribution >= 4 is 11.9 Å². The molecule has 2 atom stereocenters. The van der Waals surface area contributed by atoms with E-state index in [2.05, 4.69) is 25.3 Å². The van der Waals surface area contributed by atoms with Gasteiger partial charge in [0.05, 0.1) is 11.7 Å². The Balaban J connectivity index is 1.95. The van der Waals surface area contributed by atoms with Crippen LogP contribution in [0.2, 0.25) is 0 Å². The van der Waals surface area contributed by atoms with E-state index in [4.69, 9.17) is 0 Å². The Morgan fingerprint density at radius 3 is 2.54 bits per heavy atom. The van der Waals surface area contributed by atoms with Gasteiger partial charge in [-0.05, 0) is 30.7 Å². The molecule has 35 heavy (non-hydrogen) atoms. The number of ether oxygens (including phenoxy) is 1. The summed E-state index contributed by atoms with van der Waals surface area (Å²) in [5, 5.41) is 4.99. The zero-order chi connectivity index (χ0) is 26.0. The molecule has 3 heterocycles. The number of pyridine rings is 2. The maximum absolute atomic E-state index is 13.8. The minimum atomic E-state index is -5.14. The summed E-state index contributed by atoms with van der Waals surface area (Å²) in [7, 11) is 0. The zero-order valence-corrected chi connectivity index (χ0v) is 17.9. The van der Waals surface area contributed by atoms with Gasteiger partial charge in [0.15, 0.2) is 18.1 Å². The summed E-state index contributed by atoms with van der Waals surface area (Å²) in [6.07, 6.45) is -8.79. The van der Waals surface area contributed by atoms with E-state index in [-0.39, 0.29) is 18.7 Å². The van der Waals surface area contributed by atoms with E-state index in [0.29, 0.717) is 6.07 Å². The second kappa shape index (κ2) is 9.92. The van der Waals surface area contributed by atoms with E-state index in [0.717, 1.165) is 29.3 Å². The molecule has 0 aliphatic carbocycles. The lowest BCUT2D eigenvalue weighted by atomic mass is 10.0. The van der Waals surface area contributed by atoms with Crippen LogP contribution < -0.4 is 15.4 Å². The maximum atomic E-state index is 13.8. The number of piperazine rings is 1.